The Morgan fingerprint density at radius 2 is 1.37 bits per heavy atom. The zero-order chi connectivity index (χ0) is 15.1. The summed E-state index contributed by atoms with van der Waals surface area (Å²) in [6.07, 6.45) is 11.8. The van der Waals surface area contributed by atoms with Gasteiger partial charge in [0.15, 0.2) is 0 Å². The van der Waals surface area contributed by atoms with Crippen LogP contribution >= 0.6 is 0 Å². The van der Waals surface area contributed by atoms with E-state index in [4.69, 9.17) is 22.6 Å². The molecule has 0 aliphatic carbocycles. The fourth-order valence-electron chi connectivity index (χ4n) is 1.85. The zero-order valence-corrected chi connectivity index (χ0v) is 13.0. The Bertz CT molecular complexity index is 256. The first-order chi connectivity index (χ1) is 8.81. The predicted molar refractivity (Wildman–Crippen MR) is 74.0 cm³/mol. The lowest BCUT2D eigenvalue weighted by atomic mass is 9.97. The highest BCUT2D eigenvalue weighted by atomic mass is 32.3. The van der Waals surface area contributed by atoms with E-state index in [0.717, 1.165) is 12.3 Å². The summed E-state index contributed by atoms with van der Waals surface area (Å²) in [4.78, 5) is 0. The third-order valence-electron chi connectivity index (χ3n) is 2.91. The van der Waals surface area contributed by atoms with E-state index in [1.165, 1.54) is 51.4 Å². The maximum atomic E-state index is 8.65. The molecule has 0 spiro atoms. The maximum absolute atomic E-state index is 8.65. The third-order valence-corrected chi connectivity index (χ3v) is 2.91. The molecule has 1 unspecified atom stereocenters. The average Bonchev–Trinajstić information content (AvgIpc) is 2.27. The van der Waals surface area contributed by atoms with Crippen LogP contribution in [0.4, 0.5) is 0 Å². The minimum absolute atomic E-state index is 0.364. The Morgan fingerprint density at radius 3 is 1.79 bits per heavy atom. The van der Waals surface area contributed by atoms with Gasteiger partial charge in [-0.1, -0.05) is 65.2 Å². The summed E-state index contributed by atoms with van der Waals surface area (Å²) >= 11 is 0. The van der Waals surface area contributed by atoms with Gasteiger partial charge in [0, 0.05) is 17.0 Å². The zero-order valence-electron chi connectivity index (χ0n) is 12.1. The van der Waals surface area contributed by atoms with Crippen molar-refractivity contribution >= 4 is 10.4 Å². The number of hydrogen-bond donors (Lipinski definition) is 1. The first kappa shape index (κ1) is 21.1. The van der Waals surface area contributed by atoms with E-state index in [9.17, 15) is 0 Å². The normalized spacial score (nSPS) is 12.7. The van der Waals surface area contributed by atoms with E-state index in [1.54, 1.807) is 0 Å². The molecule has 6 heteroatoms. The summed E-state index contributed by atoms with van der Waals surface area (Å²) in [5, 5.41) is 8.65. The molecule has 0 rings (SSSR count). The molecule has 1 atom stereocenters. The molecule has 0 aromatic heterocycles. The summed E-state index contributed by atoms with van der Waals surface area (Å²) in [6, 6.07) is 0. The topological polar surface area (TPSA) is 100 Å². The van der Waals surface area contributed by atoms with Crippen molar-refractivity contribution in [1.82, 2.24) is 0 Å². The van der Waals surface area contributed by atoms with Crippen LogP contribution < -0.4 is 0 Å². The molecule has 0 saturated carbocycles. The van der Waals surface area contributed by atoms with Crippen molar-refractivity contribution in [2.45, 2.75) is 71.6 Å². The van der Waals surface area contributed by atoms with Gasteiger partial charge in [0.05, 0.1) is 0 Å². The highest BCUT2D eigenvalue weighted by Gasteiger charge is 2.01. The summed E-state index contributed by atoms with van der Waals surface area (Å²) in [6.45, 7) is 4.97. The van der Waals surface area contributed by atoms with Crippen molar-refractivity contribution in [2.24, 2.45) is 5.92 Å². The Labute approximate surface area is 118 Å². The third kappa shape index (κ3) is 31.9. The molecule has 19 heavy (non-hydrogen) atoms. The molecule has 0 heterocycles. The molecule has 5 nitrogen and oxygen atoms in total. The van der Waals surface area contributed by atoms with Gasteiger partial charge in [0.25, 0.3) is 0 Å². The summed E-state index contributed by atoms with van der Waals surface area (Å²) < 4.78 is 34.1. The summed E-state index contributed by atoms with van der Waals surface area (Å²) in [5.41, 5.74) is 0. The van der Waals surface area contributed by atoms with Crippen LogP contribution in [0.25, 0.3) is 0 Å². The smallest absolute Gasteiger partial charge is 0.0431 e. The van der Waals surface area contributed by atoms with Gasteiger partial charge in [-0.05, 0) is 12.3 Å². The van der Waals surface area contributed by atoms with Gasteiger partial charge in [-0.3, -0.25) is 8.42 Å². The van der Waals surface area contributed by atoms with E-state index < -0.39 is 10.4 Å². The highest BCUT2D eigenvalue weighted by molar-refractivity contribution is 7.79. The van der Waals surface area contributed by atoms with Gasteiger partial charge in [-0.15, -0.1) is 0 Å². The molecule has 1 N–H and O–H groups in total. The molecule has 0 aliphatic rings. The second kappa shape index (κ2) is 14.2. The highest BCUT2D eigenvalue weighted by Crippen LogP contribution is 2.16. The number of rotatable bonds is 10. The van der Waals surface area contributed by atoms with Crippen LogP contribution in [-0.2, 0) is 10.4 Å². The Hall–Kier alpha value is -0.170. The molecular formula is C13H28O5S-2. The van der Waals surface area contributed by atoms with Crippen LogP contribution in [0.5, 0.6) is 0 Å². The van der Waals surface area contributed by atoms with Crippen LogP contribution in [0.15, 0.2) is 0 Å². The second-order valence-corrected chi connectivity index (χ2v) is 5.75. The van der Waals surface area contributed by atoms with Crippen molar-refractivity contribution in [3.05, 3.63) is 0 Å². The lowest BCUT2D eigenvalue weighted by Gasteiger charge is -2.10. The molecule has 0 aromatic rings. The minimum Gasteiger partial charge on any atom is -0.759 e. The minimum atomic E-state index is -5.17. The van der Waals surface area contributed by atoms with Crippen molar-refractivity contribution < 1.29 is 22.6 Å². The van der Waals surface area contributed by atoms with Crippen molar-refractivity contribution in [2.75, 3.05) is 6.61 Å². The molecule has 0 aliphatic heterocycles. The largest absolute Gasteiger partial charge is 0.759 e. The molecule has 0 fully saturated rings. The number of aliphatic hydroxyl groups is 1. The molecule has 0 radical (unpaired) electrons. The van der Waals surface area contributed by atoms with Gasteiger partial charge in [0.2, 0.25) is 0 Å². The molecule has 0 bridgehead atoms. The van der Waals surface area contributed by atoms with E-state index in [0.29, 0.717) is 6.61 Å². The molecule has 118 valence electrons. The van der Waals surface area contributed by atoms with Gasteiger partial charge in [-0.25, -0.2) is 0 Å². The van der Waals surface area contributed by atoms with Gasteiger partial charge in [-0.2, -0.15) is 0 Å². The van der Waals surface area contributed by atoms with E-state index in [2.05, 4.69) is 13.8 Å². The van der Waals surface area contributed by atoms with Crippen molar-refractivity contribution in [3.8, 4) is 0 Å². The maximum Gasteiger partial charge on any atom is 0.0431 e. The Morgan fingerprint density at radius 1 is 0.947 bits per heavy atom. The van der Waals surface area contributed by atoms with Crippen LogP contribution in [-0.4, -0.2) is 29.2 Å². The quantitative estimate of drug-likeness (QED) is 0.379. The molecule has 0 aromatic carbocycles. The van der Waals surface area contributed by atoms with Gasteiger partial charge >= 0.3 is 0 Å². The van der Waals surface area contributed by atoms with Crippen LogP contribution in [0.3, 0.4) is 0 Å². The monoisotopic (exact) mass is 296 g/mol. The molecule has 0 amide bonds. The van der Waals surface area contributed by atoms with Crippen molar-refractivity contribution in [1.29, 1.82) is 0 Å². The standard InChI is InChI=1S/C13H28O.H2O4S/c1-3-4-5-6-7-10-13(2)11-8-9-12-14;1-5(2,3)4/h13-14H,3-12H2,1-2H3;(H2,1,2,3,4)/p-2. The fourth-order valence-corrected chi connectivity index (χ4v) is 1.85. The predicted octanol–water partition coefficient (Wildman–Crippen LogP) is 2.81. The lowest BCUT2D eigenvalue weighted by molar-refractivity contribution is 0.277. The first-order valence-corrected chi connectivity index (χ1v) is 8.42. The number of aliphatic hydroxyl groups excluding tert-OH is 1. The van der Waals surface area contributed by atoms with E-state index in [1.807, 2.05) is 0 Å². The molecule has 0 saturated heterocycles. The first-order valence-electron chi connectivity index (χ1n) is 7.08. The Balaban J connectivity index is 0. The van der Waals surface area contributed by atoms with Gasteiger partial charge in [0.1, 0.15) is 0 Å². The summed E-state index contributed by atoms with van der Waals surface area (Å²) in [5.74, 6) is 0.864. The van der Waals surface area contributed by atoms with Crippen LogP contribution in [0, 0.1) is 5.92 Å². The fraction of sp³-hybridized carbons (Fsp3) is 1.00. The average molecular weight is 296 g/mol. The second-order valence-electron chi connectivity index (χ2n) is 4.94. The number of hydrogen-bond acceptors (Lipinski definition) is 5. The van der Waals surface area contributed by atoms with Crippen LogP contribution in [0.1, 0.15) is 71.6 Å². The van der Waals surface area contributed by atoms with E-state index >= 15 is 0 Å². The van der Waals surface area contributed by atoms with Gasteiger partial charge < -0.3 is 14.2 Å². The molecular weight excluding hydrogens is 268 g/mol. The lowest BCUT2D eigenvalue weighted by Crippen LogP contribution is -1.96. The number of unbranched alkanes of at least 4 members (excludes halogenated alkanes) is 5. The SMILES string of the molecule is CCCCCCCC(C)CCCCO.O=S(=O)([O-])[O-]. The van der Waals surface area contributed by atoms with Crippen LogP contribution in [0.2, 0.25) is 0 Å². The van der Waals surface area contributed by atoms with E-state index in [-0.39, 0.29) is 0 Å². The van der Waals surface area contributed by atoms with Crippen molar-refractivity contribution in [3.63, 3.8) is 0 Å². The Kier molecular flexibility index (Phi) is 15.8. The summed E-state index contributed by atoms with van der Waals surface area (Å²) in [7, 11) is -5.17.